The standard InChI is InChI=1S/C28H39N3O3/c1-21(17-22-9-3-2-4-10-22)25(32)30-16-15-28(34,27(18-30)13-7-8-14-27)19-31-20-29-24-12-6-5-11-23(24)26(31)33/h5-6,11-12,20-22,34H,2-4,7-10,13-19H2,1H3. The van der Waals surface area contributed by atoms with Crippen LogP contribution in [0.5, 0.6) is 0 Å². The van der Waals surface area contributed by atoms with E-state index in [2.05, 4.69) is 11.9 Å². The molecule has 0 radical (unpaired) electrons. The lowest BCUT2D eigenvalue weighted by Crippen LogP contribution is -2.62. The third kappa shape index (κ3) is 4.30. The van der Waals surface area contributed by atoms with Crippen molar-refractivity contribution in [1.82, 2.24) is 14.5 Å². The van der Waals surface area contributed by atoms with Gasteiger partial charge in [-0.15, -0.1) is 0 Å². The van der Waals surface area contributed by atoms with Crippen LogP contribution in [0.25, 0.3) is 10.9 Å². The molecule has 1 aromatic heterocycles. The van der Waals surface area contributed by atoms with Crippen molar-refractivity contribution in [1.29, 1.82) is 0 Å². The van der Waals surface area contributed by atoms with Crippen LogP contribution in [-0.4, -0.2) is 44.2 Å². The minimum Gasteiger partial charge on any atom is -0.387 e. The lowest BCUT2D eigenvalue weighted by Gasteiger charge is -2.52. The molecular weight excluding hydrogens is 426 g/mol. The first-order chi connectivity index (χ1) is 16.4. The van der Waals surface area contributed by atoms with Gasteiger partial charge < -0.3 is 10.0 Å². The first-order valence-electron chi connectivity index (χ1n) is 13.4. The molecule has 1 spiro atoms. The van der Waals surface area contributed by atoms with Gasteiger partial charge in [-0.2, -0.15) is 0 Å². The molecule has 1 aromatic carbocycles. The number of aliphatic hydroxyl groups is 1. The molecule has 1 saturated heterocycles. The lowest BCUT2D eigenvalue weighted by atomic mass is 9.65. The van der Waals surface area contributed by atoms with Gasteiger partial charge in [0.2, 0.25) is 5.91 Å². The van der Waals surface area contributed by atoms with Crippen LogP contribution in [-0.2, 0) is 11.3 Å². The molecule has 2 aromatic rings. The number of likely N-dealkylation sites (tertiary alicyclic amines) is 1. The molecule has 2 heterocycles. The Kier molecular flexibility index (Phi) is 6.54. The predicted octanol–water partition coefficient (Wildman–Crippen LogP) is 4.53. The van der Waals surface area contributed by atoms with E-state index in [0.717, 1.165) is 32.1 Å². The molecule has 34 heavy (non-hydrogen) atoms. The van der Waals surface area contributed by atoms with E-state index in [-0.39, 0.29) is 29.3 Å². The monoisotopic (exact) mass is 465 g/mol. The third-order valence-corrected chi connectivity index (χ3v) is 9.14. The number of nitrogens with zero attached hydrogens (tertiary/aromatic N) is 3. The Balaban J connectivity index is 1.34. The Bertz CT molecular complexity index is 1080. The Morgan fingerprint density at radius 3 is 2.62 bits per heavy atom. The number of hydrogen-bond acceptors (Lipinski definition) is 4. The largest absolute Gasteiger partial charge is 0.387 e. The van der Waals surface area contributed by atoms with Gasteiger partial charge in [-0.3, -0.25) is 14.2 Å². The molecule has 1 amide bonds. The van der Waals surface area contributed by atoms with Crippen molar-refractivity contribution in [3.63, 3.8) is 0 Å². The number of aromatic nitrogens is 2. The van der Waals surface area contributed by atoms with Crippen molar-refractivity contribution in [3.8, 4) is 0 Å². The number of para-hydroxylation sites is 1. The summed E-state index contributed by atoms with van der Waals surface area (Å²) in [5.74, 6) is 0.977. The van der Waals surface area contributed by atoms with Crippen molar-refractivity contribution >= 4 is 16.8 Å². The highest BCUT2D eigenvalue weighted by Crippen LogP contribution is 2.51. The van der Waals surface area contributed by atoms with Gasteiger partial charge in [0.1, 0.15) is 0 Å². The van der Waals surface area contributed by atoms with E-state index in [0.29, 0.717) is 36.3 Å². The molecule has 3 fully saturated rings. The third-order valence-electron chi connectivity index (χ3n) is 9.14. The van der Waals surface area contributed by atoms with Crippen molar-refractivity contribution < 1.29 is 9.90 Å². The van der Waals surface area contributed by atoms with Gasteiger partial charge in [-0.1, -0.05) is 64.0 Å². The maximum absolute atomic E-state index is 13.5. The average Bonchev–Trinajstić information content (AvgIpc) is 3.33. The first-order valence-corrected chi connectivity index (χ1v) is 13.4. The smallest absolute Gasteiger partial charge is 0.261 e. The number of hydrogen-bond donors (Lipinski definition) is 1. The van der Waals surface area contributed by atoms with Crippen LogP contribution in [0.3, 0.4) is 0 Å². The van der Waals surface area contributed by atoms with E-state index in [4.69, 9.17) is 0 Å². The van der Waals surface area contributed by atoms with E-state index < -0.39 is 5.60 Å². The number of benzene rings is 1. The molecule has 5 rings (SSSR count). The van der Waals surface area contributed by atoms with Gasteiger partial charge in [-0.25, -0.2) is 4.98 Å². The highest BCUT2D eigenvalue weighted by atomic mass is 16.3. The quantitative estimate of drug-likeness (QED) is 0.704. The van der Waals surface area contributed by atoms with Crippen LogP contribution < -0.4 is 5.56 Å². The maximum Gasteiger partial charge on any atom is 0.261 e. The minimum atomic E-state index is -1.01. The topological polar surface area (TPSA) is 75.4 Å². The molecule has 2 atom stereocenters. The zero-order valence-electron chi connectivity index (χ0n) is 20.5. The van der Waals surface area contributed by atoms with E-state index >= 15 is 0 Å². The normalized spacial score (nSPS) is 26.2. The van der Waals surface area contributed by atoms with E-state index in [1.54, 1.807) is 17.0 Å². The number of piperidine rings is 1. The van der Waals surface area contributed by atoms with Crippen molar-refractivity contribution in [2.24, 2.45) is 17.3 Å². The highest BCUT2D eigenvalue weighted by molar-refractivity contribution is 5.79. The summed E-state index contributed by atoms with van der Waals surface area (Å²) < 4.78 is 1.59. The van der Waals surface area contributed by atoms with Crippen LogP contribution >= 0.6 is 0 Å². The molecule has 1 N–H and O–H groups in total. The van der Waals surface area contributed by atoms with Gasteiger partial charge >= 0.3 is 0 Å². The van der Waals surface area contributed by atoms with E-state index in [1.165, 1.54) is 32.1 Å². The number of rotatable bonds is 5. The summed E-state index contributed by atoms with van der Waals surface area (Å²) in [6.45, 7) is 3.50. The van der Waals surface area contributed by atoms with Gasteiger partial charge in [0.05, 0.1) is 29.4 Å². The summed E-state index contributed by atoms with van der Waals surface area (Å²) >= 11 is 0. The molecule has 2 saturated carbocycles. The fourth-order valence-electron chi connectivity index (χ4n) is 7.12. The molecule has 6 nitrogen and oxygen atoms in total. The maximum atomic E-state index is 13.5. The summed E-state index contributed by atoms with van der Waals surface area (Å²) in [6.07, 6.45) is 13.5. The molecule has 184 valence electrons. The zero-order valence-corrected chi connectivity index (χ0v) is 20.5. The fraction of sp³-hybridized carbons (Fsp3) is 0.679. The summed E-state index contributed by atoms with van der Waals surface area (Å²) in [4.78, 5) is 33.1. The predicted molar refractivity (Wildman–Crippen MR) is 133 cm³/mol. The molecule has 2 unspecified atom stereocenters. The van der Waals surface area contributed by atoms with E-state index in [9.17, 15) is 14.7 Å². The van der Waals surface area contributed by atoms with Crippen molar-refractivity contribution in [2.45, 2.75) is 89.7 Å². The van der Waals surface area contributed by atoms with Crippen molar-refractivity contribution in [3.05, 3.63) is 40.9 Å². The Hall–Kier alpha value is -2.21. The summed E-state index contributed by atoms with van der Waals surface area (Å²) in [5.41, 5.74) is -0.789. The summed E-state index contributed by atoms with van der Waals surface area (Å²) in [7, 11) is 0. The van der Waals surface area contributed by atoms with Crippen LogP contribution in [0.15, 0.2) is 35.4 Å². The Morgan fingerprint density at radius 2 is 1.85 bits per heavy atom. The van der Waals surface area contributed by atoms with Gasteiger partial charge in [0.15, 0.2) is 0 Å². The van der Waals surface area contributed by atoms with Crippen LogP contribution in [0.1, 0.15) is 77.6 Å². The second-order valence-corrected chi connectivity index (χ2v) is 11.4. The number of carbonyl (C=O) groups excluding carboxylic acids is 1. The minimum absolute atomic E-state index is 0.0417. The zero-order chi connectivity index (χ0) is 23.8. The average molecular weight is 466 g/mol. The fourth-order valence-corrected chi connectivity index (χ4v) is 7.12. The summed E-state index contributed by atoms with van der Waals surface area (Å²) in [6, 6.07) is 7.36. The molecule has 6 heteroatoms. The van der Waals surface area contributed by atoms with Crippen LogP contribution in [0.4, 0.5) is 0 Å². The second-order valence-electron chi connectivity index (χ2n) is 11.4. The Morgan fingerprint density at radius 1 is 1.12 bits per heavy atom. The Labute approximate surface area is 202 Å². The van der Waals surface area contributed by atoms with E-state index in [1.807, 2.05) is 23.1 Å². The lowest BCUT2D eigenvalue weighted by molar-refractivity contribution is -0.163. The molecular formula is C28H39N3O3. The molecule has 0 bridgehead atoms. The SMILES string of the molecule is CC(CC1CCCCC1)C(=O)N1CCC(O)(Cn2cnc3ccccc3c2=O)C2(CCCC2)C1. The first kappa shape index (κ1) is 23.5. The number of fused-ring (bicyclic) bond motifs is 1. The number of carbonyl (C=O) groups is 1. The van der Waals surface area contributed by atoms with Gasteiger partial charge in [0.25, 0.3) is 5.56 Å². The van der Waals surface area contributed by atoms with Gasteiger partial charge in [-0.05, 0) is 43.7 Å². The number of amides is 1. The molecule has 1 aliphatic heterocycles. The molecule has 3 aliphatic rings. The van der Waals surface area contributed by atoms with Gasteiger partial charge in [0, 0.05) is 24.4 Å². The highest BCUT2D eigenvalue weighted by Gasteiger charge is 2.55. The summed E-state index contributed by atoms with van der Waals surface area (Å²) in [5, 5.41) is 12.6. The van der Waals surface area contributed by atoms with Crippen LogP contribution in [0, 0.1) is 17.3 Å². The second kappa shape index (κ2) is 9.44. The molecule has 2 aliphatic carbocycles. The van der Waals surface area contributed by atoms with Crippen molar-refractivity contribution in [2.75, 3.05) is 13.1 Å². The van der Waals surface area contributed by atoms with Crippen LogP contribution in [0.2, 0.25) is 0 Å².